The second-order valence-electron chi connectivity index (χ2n) is 7.41. The monoisotopic (exact) mass is 349 g/mol. The van der Waals surface area contributed by atoms with Crippen LogP contribution in [0.5, 0.6) is 0 Å². The highest BCUT2D eigenvalue weighted by Crippen LogP contribution is 2.12. The van der Waals surface area contributed by atoms with E-state index in [1.165, 1.54) is 82.9 Å². The number of nitrogens with two attached hydrogens (primary N) is 1. The van der Waals surface area contributed by atoms with Gasteiger partial charge in [-0.15, -0.1) is 0 Å². The van der Waals surface area contributed by atoms with Crippen molar-refractivity contribution in [2.45, 2.75) is 96.8 Å². The zero-order chi connectivity index (χ0) is 18.0. The van der Waals surface area contributed by atoms with Gasteiger partial charge < -0.3 is 10.6 Å². The van der Waals surface area contributed by atoms with Crippen LogP contribution in [0, 0.1) is 0 Å². The minimum absolute atomic E-state index is 0.730. The van der Waals surface area contributed by atoms with Gasteiger partial charge in [-0.25, -0.2) is 0 Å². The number of rotatable bonds is 17. The molecule has 1 rings (SSSR count). The van der Waals surface area contributed by atoms with Crippen molar-refractivity contribution in [1.29, 1.82) is 0 Å². The Hall–Kier alpha value is -0.830. The van der Waals surface area contributed by atoms with E-state index >= 15 is 0 Å². The molecule has 0 aromatic heterocycles. The number of aliphatic imine (C=N–C) groups is 1. The van der Waals surface area contributed by atoms with E-state index in [1.54, 1.807) is 0 Å². The van der Waals surface area contributed by atoms with E-state index in [0.29, 0.717) is 0 Å². The summed E-state index contributed by atoms with van der Waals surface area (Å²) >= 11 is 0. The molecule has 0 aliphatic carbocycles. The van der Waals surface area contributed by atoms with Crippen LogP contribution < -0.4 is 5.73 Å². The van der Waals surface area contributed by atoms with Gasteiger partial charge in [0, 0.05) is 26.1 Å². The first-order valence-corrected chi connectivity index (χ1v) is 11.0. The SMILES string of the molecule is CCCCCCCCCCCCC/C=C/CCC1=NCCN1CCN. The van der Waals surface area contributed by atoms with Gasteiger partial charge in [-0.1, -0.05) is 83.3 Å². The first-order valence-electron chi connectivity index (χ1n) is 11.0. The Morgan fingerprint density at radius 3 is 2.12 bits per heavy atom. The predicted molar refractivity (Wildman–Crippen MR) is 112 cm³/mol. The lowest BCUT2D eigenvalue weighted by atomic mass is 10.1. The summed E-state index contributed by atoms with van der Waals surface area (Å²) in [5.74, 6) is 1.27. The molecule has 0 saturated carbocycles. The number of hydrogen-bond acceptors (Lipinski definition) is 3. The van der Waals surface area contributed by atoms with Gasteiger partial charge in [0.05, 0.1) is 12.4 Å². The number of amidine groups is 1. The molecule has 1 aliphatic rings. The fourth-order valence-electron chi connectivity index (χ4n) is 3.54. The Balaban J connectivity index is 1.83. The summed E-state index contributed by atoms with van der Waals surface area (Å²) in [6.07, 6.45) is 23.8. The third-order valence-corrected chi connectivity index (χ3v) is 5.10. The lowest BCUT2D eigenvalue weighted by Crippen LogP contribution is -2.32. The van der Waals surface area contributed by atoms with Crippen LogP contribution in [-0.4, -0.2) is 36.9 Å². The predicted octanol–water partition coefficient (Wildman–Crippen LogP) is 5.70. The van der Waals surface area contributed by atoms with Gasteiger partial charge in [-0.2, -0.15) is 0 Å². The van der Waals surface area contributed by atoms with Crippen LogP contribution in [0.3, 0.4) is 0 Å². The van der Waals surface area contributed by atoms with Crippen LogP contribution in [0.25, 0.3) is 0 Å². The van der Waals surface area contributed by atoms with Crippen LogP contribution >= 0.6 is 0 Å². The van der Waals surface area contributed by atoms with E-state index in [-0.39, 0.29) is 0 Å². The van der Waals surface area contributed by atoms with Gasteiger partial charge in [0.25, 0.3) is 0 Å². The minimum Gasteiger partial charge on any atom is -0.357 e. The second-order valence-corrected chi connectivity index (χ2v) is 7.41. The fourth-order valence-corrected chi connectivity index (χ4v) is 3.54. The Kier molecular flexibility index (Phi) is 14.8. The molecular formula is C22H43N3. The highest BCUT2D eigenvalue weighted by atomic mass is 15.2. The van der Waals surface area contributed by atoms with Gasteiger partial charge in [-0.3, -0.25) is 4.99 Å². The summed E-state index contributed by atoms with van der Waals surface area (Å²) < 4.78 is 0. The summed E-state index contributed by atoms with van der Waals surface area (Å²) in [4.78, 5) is 6.94. The van der Waals surface area contributed by atoms with Crippen LogP contribution in [0.2, 0.25) is 0 Å². The maximum absolute atomic E-state index is 5.65. The lowest BCUT2D eigenvalue weighted by molar-refractivity contribution is 0.459. The first kappa shape index (κ1) is 22.2. The molecule has 146 valence electrons. The van der Waals surface area contributed by atoms with Gasteiger partial charge in [0.15, 0.2) is 0 Å². The number of hydrogen-bond donors (Lipinski definition) is 1. The van der Waals surface area contributed by atoms with E-state index in [9.17, 15) is 0 Å². The maximum Gasteiger partial charge on any atom is 0.0993 e. The Morgan fingerprint density at radius 1 is 0.880 bits per heavy atom. The highest BCUT2D eigenvalue weighted by Gasteiger charge is 2.14. The third-order valence-electron chi connectivity index (χ3n) is 5.10. The summed E-state index contributed by atoms with van der Waals surface area (Å²) in [6, 6.07) is 0. The van der Waals surface area contributed by atoms with Crippen molar-refractivity contribution >= 4 is 5.84 Å². The van der Waals surface area contributed by atoms with Crippen molar-refractivity contribution in [1.82, 2.24) is 4.90 Å². The third kappa shape index (κ3) is 12.2. The average Bonchev–Trinajstić information content (AvgIpc) is 3.06. The number of unbranched alkanes of at least 4 members (excludes halogenated alkanes) is 11. The second kappa shape index (κ2) is 16.6. The van der Waals surface area contributed by atoms with Crippen LogP contribution in [0.4, 0.5) is 0 Å². The average molecular weight is 350 g/mol. The van der Waals surface area contributed by atoms with E-state index in [4.69, 9.17) is 5.73 Å². The summed E-state index contributed by atoms with van der Waals surface area (Å²) in [7, 11) is 0. The van der Waals surface area contributed by atoms with Crippen molar-refractivity contribution in [3.05, 3.63) is 12.2 Å². The molecule has 0 amide bonds. The van der Waals surface area contributed by atoms with Crippen molar-refractivity contribution in [2.75, 3.05) is 26.2 Å². The zero-order valence-electron chi connectivity index (χ0n) is 16.9. The van der Waals surface area contributed by atoms with Crippen molar-refractivity contribution in [3.8, 4) is 0 Å². The molecule has 0 atom stereocenters. The Bertz CT molecular complexity index is 349. The molecule has 0 unspecified atom stereocenters. The first-order chi connectivity index (χ1) is 12.4. The van der Waals surface area contributed by atoms with Crippen LogP contribution in [-0.2, 0) is 0 Å². The lowest BCUT2D eigenvalue weighted by Gasteiger charge is -2.18. The molecule has 0 aromatic carbocycles. The molecule has 0 fully saturated rings. The van der Waals surface area contributed by atoms with Gasteiger partial charge >= 0.3 is 0 Å². The standard InChI is InChI=1S/C22H43N3/c1-2-3-4-5-6-7-8-9-10-11-12-13-14-15-16-17-22-24-19-21-25(22)20-18-23/h14-15H,2-13,16-21,23H2,1H3/b15-14+. The molecular weight excluding hydrogens is 306 g/mol. The van der Waals surface area contributed by atoms with Crippen molar-refractivity contribution in [3.63, 3.8) is 0 Å². The Labute approximate surface area is 157 Å². The van der Waals surface area contributed by atoms with Gasteiger partial charge in [0.1, 0.15) is 0 Å². The molecule has 1 aliphatic heterocycles. The van der Waals surface area contributed by atoms with Crippen molar-refractivity contribution in [2.24, 2.45) is 10.7 Å². The molecule has 0 aromatic rings. The molecule has 0 spiro atoms. The highest BCUT2D eigenvalue weighted by molar-refractivity contribution is 5.83. The zero-order valence-corrected chi connectivity index (χ0v) is 16.9. The molecule has 0 saturated heterocycles. The molecule has 3 heteroatoms. The van der Waals surface area contributed by atoms with Crippen LogP contribution in [0.1, 0.15) is 96.8 Å². The maximum atomic E-state index is 5.65. The van der Waals surface area contributed by atoms with E-state index < -0.39 is 0 Å². The summed E-state index contributed by atoms with van der Waals surface area (Å²) in [6.45, 7) is 6.00. The number of nitrogens with zero attached hydrogens (tertiary/aromatic N) is 2. The van der Waals surface area contributed by atoms with E-state index in [2.05, 4.69) is 29.0 Å². The van der Waals surface area contributed by atoms with E-state index in [1.807, 2.05) is 0 Å². The Morgan fingerprint density at radius 2 is 1.48 bits per heavy atom. The molecule has 0 bridgehead atoms. The normalized spacial score (nSPS) is 14.6. The summed E-state index contributed by atoms with van der Waals surface area (Å²) in [5, 5.41) is 0. The van der Waals surface area contributed by atoms with Gasteiger partial charge in [-0.05, 0) is 19.3 Å². The molecule has 1 heterocycles. The smallest absolute Gasteiger partial charge is 0.0993 e. The largest absolute Gasteiger partial charge is 0.357 e. The molecule has 3 nitrogen and oxygen atoms in total. The van der Waals surface area contributed by atoms with Crippen LogP contribution in [0.15, 0.2) is 17.1 Å². The van der Waals surface area contributed by atoms with E-state index in [0.717, 1.165) is 39.0 Å². The number of allylic oxidation sites excluding steroid dienone is 2. The van der Waals surface area contributed by atoms with Crippen molar-refractivity contribution < 1.29 is 0 Å². The fraction of sp³-hybridized carbons (Fsp3) is 0.864. The molecule has 0 radical (unpaired) electrons. The molecule has 25 heavy (non-hydrogen) atoms. The minimum atomic E-state index is 0.730. The topological polar surface area (TPSA) is 41.6 Å². The molecule has 2 N–H and O–H groups in total. The quantitative estimate of drug-likeness (QED) is 0.270. The summed E-state index contributed by atoms with van der Waals surface area (Å²) in [5.41, 5.74) is 5.65. The van der Waals surface area contributed by atoms with Gasteiger partial charge in [0.2, 0.25) is 0 Å².